The molecule has 0 saturated heterocycles. The minimum Gasteiger partial charge on any atom is -0.320 e. The molecule has 0 fully saturated rings. The Bertz CT molecular complexity index is 453. The second-order valence-corrected chi connectivity index (χ2v) is 6.92. The first-order chi connectivity index (χ1) is 7.18. The van der Waals surface area contributed by atoms with Crippen molar-refractivity contribution in [2.45, 2.75) is 6.04 Å². The number of benzene rings is 1. The van der Waals surface area contributed by atoms with Crippen LogP contribution in [0.5, 0.6) is 0 Å². The van der Waals surface area contributed by atoms with Crippen molar-refractivity contribution in [2.75, 3.05) is 0 Å². The maximum absolute atomic E-state index is 6.19. The van der Waals surface area contributed by atoms with Crippen LogP contribution in [0.3, 0.4) is 0 Å². The average molecular weight is 347 g/mol. The van der Waals surface area contributed by atoms with Gasteiger partial charge in [-0.05, 0) is 49.1 Å². The van der Waals surface area contributed by atoms with Gasteiger partial charge < -0.3 is 5.73 Å². The summed E-state index contributed by atoms with van der Waals surface area (Å²) in [4.78, 5) is 0. The molecule has 0 spiro atoms. The van der Waals surface area contributed by atoms with Gasteiger partial charge in [-0.25, -0.2) is 0 Å². The molecule has 0 amide bonds. The molecule has 4 heteroatoms. The lowest BCUT2D eigenvalue weighted by Crippen LogP contribution is -2.10. The van der Waals surface area contributed by atoms with Gasteiger partial charge in [0.15, 0.2) is 0 Å². The van der Waals surface area contributed by atoms with Gasteiger partial charge in [-0.3, -0.25) is 0 Å². The van der Waals surface area contributed by atoms with Gasteiger partial charge in [0.05, 0.1) is 13.6 Å². The monoisotopic (exact) mass is 345 g/mol. The molecule has 78 valence electrons. The molecule has 0 bridgehead atoms. The lowest BCUT2D eigenvalue weighted by Gasteiger charge is -2.10. The van der Waals surface area contributed by atoms with Crippen LogP contribution in [0.15, 0.2) is 44.0 Å². The Morgan fingerprint density at radius 1 is 1.13 bits per heavy atom. The topological polar surface area (TPSA) is 26.0 Å². The maximum Gasteiger partial charge on any atom is 0.0761 e. The van der Waals surface area contributed by atoms with E-state index < -0.39 is 0 Å². The maximum atomic E-state index is 6.19. The van der Waals surface area contributed by atoms with E-state index in [2.05, 4.69) is 37.9 Å². The van der Waals surface area contributed by atoms with E-state index in [4.69, 9.17) is 5.73 Å². The first-order valence-electron chi connectivity index (χ1n) is 4.43. The van der Waals surface area contributed by atoms with Crippen molar-refractivity contribution in [1.29, 1.82) is 0 Å². The van der Waals surface area contributed by atoms with Gasteiger partial charge in [-0.15, -0.1) is 11.3 Å². The molecule has 1 atom stereocenters. The molecule has 0 aliphatic carbocycles. The molecular weight excluding hydrogens is 338 g/mol. The normalized spacial score (nSPS) is 12.7. The number of halogens is 2. The van der Waals surface area contributed by atoms with Crippen molar-refractivity contribution >= 4 is 43.2 Å². The Morgan fingerprint density at radius 2 is 1.80 bits per heavy atom. The van der Waals surface area contributed by atoms with E-state index in [1.807, 2.05) is 30.3 Å². The number of rotatable bonds is 2. The van der Waals surface area contributed by atoms with Crippen LogP contribution in [0.25, 0.3) is 0 Å². The van der Waals surface area contributed by atoms with Crippen LogP contribution in [0.1, 0.15) is 17.2 Å². The van der Waals surface area contributed by atoms with Crippen molar-refractivity contribution in [2.24, 2.45) is 5.73 Å². The van der Waals surface area contributed by atoms with Gasteiger partial charge in [0.1, 0.15) is 0 Å². The molecule has 1 aromatic heterocycles. The lowest BCUT2D eigenvalue weighted by atomic mass is 10.0. The fraction of sp³-hybridized carbons (Fsp3) is 0.0909. The highest BCUT2D eigenvalue weighted by Crippen LogP contribution is 2.36. The Morgan fingerprint density at radius 3 is 2.33 bits per heavy atom. The van der Waals surface area contributed by atoms with Crippen molar-refractivity contribution in [3.8, 4) is 0 Å². The zero-order valence-corrected chi connectivity index (χ0v) is 11.8. The van der Waals surface area contributed by atoms with E-state index in [0.717, 1.165) is 18.7 Å². The van der Waals surface area contributed by atoms with Crippen molar-refractivity contribution in [1.82, 2.24) is 0 Å². The fourth-order valence-corrected chi connectivity index (χ4v) is 4.33. The van der Waals surface area contributed by atoms with E-state index >= 15 is 0 Å². The fourth-order valence-electron chi connectivity index (χ4n) is 1.40. The van der Waals surface area contributed by atoms with E-state index in [1.165, 1.54) is 0 Å². The molecule has 0 aliphatic heterocycles. The summed E-state index contributed by atoms with van der Waals surface area (Å²) in [6, 6.07) is 12.1. The molecule has 1 nitrogen and oxygen atoms in total. The zero-order valence-electron chi connectivity index (χ0n) is 7.78. The van der Waals surface area contributed by atoms with Gasteiger partial charge in [-0.1, -0.05) is 30.3 Å². The van der Waals surface area contributed by atoms with Crippen LogP contribution >= 0.6 is 43.2 Å². The summed E-state index contributed by atoms with van der Waals surface area (Å²) >= 11 is 8.63. The third-order valence-electron chi connectivity index (χ3n) is 2.18. The van der Waals surface area contributed by atoms with Crippen molar-refractivity contribution < 1.29 is 0 Å². The first kappa shape index (κ1) is 11.3. The van der Waals surface area contributed by atoms with E-state index in [0.29, 0.717) is 0 Å². The van der Waals surface area contributed by atoms with Crippen LogP contribution in [0.4, 0.5) is 0 Å². The molecule has 1 aromatic carbocycles. The van der Waals surface area contributed by atoms with Crippen molar-refractivity contribution in [3.05, 3.63) is 55.1 Å². The molecule has 0 radical (unpaired) electrons. The van der Waals surface area contributed by atoms with Gasteiger partial charge in [0.2, 0.25) is 0 Å². The summed E-state index contributed by atoms with van der Waals surface area (Å²) in [5.74, 6) is 0. The second kappa shape index (κ2) is 4.78. The number of hydrogen-bond acceptors (Lipinski definition) is 2. The molecule has 1 heterocycles. The molecule has 2 rings (SSSR count). The third kappa shape index (κ3) is 2.50. The van der Waals surface area contributed by atoms with Crippen LogP contribution in [-0.2, 0) is 0 Å². The van der Waals surface area contributed by atoms with Crippen LogP contribution in [0, 0.1) is 0 Å². The third-order valence-corrected chi connectivity index (χ3v) is 4.56. The van der Waals surface area contributed by atoms with E-state index in [1.54, 1.807) is 11.3 Å². The number of hydrogen-bond donors (Lipinski definition) is 1. The highest BCUT2D eigenvalue weighted by Gasteiger charge is 2.14. The standard InChI is InChI=1S/C11H9Br2NS/c12-9-6-8(11(13)15-9)10(14)7-4-2-1-3-5-7/h1-6,10H,14H2. The minimum atomic E-state index is -0.0666. The minimum absolute atomic E-state index is 0.0666. The van der Waals surface area contributed by atoms with Gasteiger partial charge in [-0.2, -0.15) is 0 Å². The van der Waals surface area contributed by atoms with Gasteiger partial charge in [0, 0.05) is 0 Å². The summed E-state index contributed by atoms with van der Waals surface area (Å²) in [6.07, 6.45) is 0. The lowest BCUT2D eigenvalue weighted by molar-refractivity contribution is 0.872. The molecule has 2 N–H and O–H groups in total. The zero-order chi connectivity index (χ0) is 10.8. The summed E-state index contributed by atoms with van der Waals surface area (Å²) in [5.41, 5.74) is 8.44. The highest BCUT2D eigenvalue weighted by atomic mass is 79.9. The predicted octanol–water partition coefficient (Wildman–Crippen LogP) is 4.32. The van der Waals surface area contributed by atoms with Gasteiger partial charge in [0.25, 0.3) is 0 Å². The summed E-state index contributed by atoms with van der Waals surface area (Å²) < 4.78 is 2.18. The van der Waals surface area contributed by atoms with Crippen LogP contribution in [-0.4, -0.2) is 0 Å². The Hall–Kier alpha value is -0.160. The molecule has 0 aliphatic rings. The van der Waals surface area contributed by atoms with Crippen LogP contribution < -0.4 is 5.73 Å². The van der Waals surface area contributed by atoms with Crippen LogP contribution in [0.2, 0.25) is 0 Å². The second-order valence-electron chi connectivity index (χ2n) is 3.17. The quantitative estimate of drug-likeness (QED) is 0.860. The summed E-state index contributed by atoms with van der Waals surface area (Å²) in [6.45, 7) is 0. The number of nitrogens with two attached hydrogens (primary N) is 1. The van der Waals surface area contributed by atoms with E-state index in [-0.39, 0.29) is 6.04 Å². The smallest absolute Gasteiger partial charge is 0.0761 e. The molecule has 2 aromatic rings. The summed E-state index contributed by atoms with van der Waals surface area (Å²) in [5, 5.41) is 0. The molecule has 0 saturated carbocycles. The van der Waals surface area contributed by atoms with Gasteiger partial charge >= 0.3 is 0 Å². The molecule has 1 unspecified atom stereocenters. The van der Waals surface area contributed by atoms with E-state index in [9.17, 15) is 0 Å². The largest absolute Gasteiger partial charge is 0.320 e. The summed E-state index contributed by atoms with van der Waals surface area (Å²) in [7, 11) is 0. The SMILES string of the molecule is NC(c1ccccc1)c1cc(Br)sc1Br. The number of thiophene rings is 1. The Kier molecular flexibility index (Phi) is 3.61. The molecular formula is C11H9Br2NS. The highest BCUT2D eigenvalue weighted by molar-refractivity contribution is 9.12. The Labute approximate surface area is 110 Å². The predicted molar refractivity (Wildman–Crippen MR) is 72.2 cm³/mol. The molecule has 15 heavy (non-hydrogen) atoms. The average Bonchev–Trinajstić information content (AvgIpc) is 2.58. The Balaban J connectivity index is 2.36. The first-order valence-corrected chi connectivity index (χ1v) is 6.84. The van der Waals surface area contributed by atoms with Crippen molar-refractivity contribution in [3.63, 3.8) is 0 Å².